The number of hydrogen-bond acceptors (Lipinski definition) is 2. The van der Waals surface area contributed by atoms with Crippen LogP contribution in [0.1, 0.15) is 16.7 Å². The number of nitrogens with one attached hydrogen (secondary N) is 3. The first-order valence-corrected chi connectivity index (χ1v) is 8.71. The van der Waals surface area contributed by atoms with Gasteiger partial charge in [-0.2, -0.15) is 13.2 Å². The molecule has 0 aliphatic heterocycles. The Balaban J connectivity index is 1.93. The highest BCUT2D eigenvalue weighted by atomic mass is 19.4. The molecule has 28 heavy (non-hydrogen) atoms. The molecule has 0 aliphatic rings. The molecule has 0 spiro atoms. The highest BCUT2D eigenvalue weighted by molar-refractivity contribution is 5.94. The lowest BCUT2D eigenvalue weighted by atomic mass is 10.1. The van der Waals surface area contributed by atoms with Crippen molar-refractivity contribution < 1.29 is 27.7 Å². The van der Waals surface area contributed by atoms with Gasteiger partial charge in [-0.1, -0.05) is 24.3 Å². The van der Waals surface area contributed by atoms with Crippen molar-refractivity contribution in [3.63, 3.8) is 0 Å². The lowest BCUT2D eigenvalue weighted by molar-refractivity contribution is -0.862. The van der Waals surface area contributed by atoms with Crippen LogP contribution >= 0.6 is 0 Å². The van der Waals surface area contributed by atoms with Crippen molar-refractivity contribution in [3.8, 4) is 0 Å². The summed E-state index contributed by atoms with van der Waals surface area (Å²) in [6, 6.07) is 10.3. The third kappa shape index (κ3) is 5.82. The van der Waals surface area contributed by atoms with E-state index in [4.69, 9.17) is 0 Å². The number of para-hydroxylation sites is 1. The maximum absolute atomic E-state index is 13.0. The molecule has 0 aromatic heterocycles. The van der Waals surface area contributed by atoms with E-state index < -0.39 is 17.6 Å². The number of amides is 2. The van der Waals surface area contributed by atoms with Gasteiger partial charge in [0.25, 0.3) is 11.8 Å². The molecule has 0 heterocycles. The Bertz CT molecular complexity index is 866. The summed E-state index contributed by atoms with van der Waals surface area (Å²) in [5.74, 6) is -0.886. The van der Waals surface area contributed by atoms with Gasteiger partial charge in [0.1, 0.15) is 0 Å². The Kier molecular flexibility index (Phi) is 6.80. The van der Waals surface area contributed by atoms with Gasteiger partial charge in [-0.05, 0) is 43.2 Å². The molecule has 0 radical (unpaired) electrons. The van der Waals surface area contributed by atoms with Crippen LogP contribution in [0.5, 0.6) is 0 Å². The topological polar surface area (TPSA) is 62.6 Å². The van der Waals surface area contributed by atoms with Gasteiger partial charge in [-0.15, -0.1) is 0 Å². The molecule has 2 rings (SSSR count). The van der Waals surface area contributed by atoms with Crippen molar-refractivity contribution in [1.29, 1.82) is 0 Å². The van der Waals surface area contributed by atoms with E-state index >= 15 is 0 Å². The minimum atomic E-state index is -4.56. The maximum Gasteiger partial charge on any atom is 0.418 e. The summed E-state index contributed by atoms with van der Waals surface area (Å²) in [4.78, 5) is 24.9. The normalized spacial score (nSPS) is 12.4. The Morgan fingerprint density at radius 3 is 2.04 bits per heavy atom. The molecule has 2 amide bonds. The van der Waals surface area contributed by atoms with E-state index in [1.54, 1.807) is 13.1 Å². The number of carbonyl (C=O) groups excluding carboxylic acids is 2. The van der Waals surface area contributed by atoms with Gasteiger partial charge in [0.2, 0.25) is 0 Å². The SMILES string of the molecule is Cc1cccc(NC(=O)C[NH+](C)CC(=O)Nc2ccccc2C(F)(F)F)c1C. The fourth-order valence-electron chi connectivity index (χ4n) is 2.73. The molecular formula is C20H23F3N3O2+. The average Bonchev–Trinajstić information content (AvgIpc) is 2.58. The van der Waals surface area contributed by atoms with E-state index in [1.165, 1.54) is 18.2 Å². The van der Waals surface area contributed by atoms with Crippen molar-refractivity contribution in [2.24, 2.45) is 0 Å². The van der Waals surface area contributed by atoms with Crippen molar-refractivity contribution in [2.75, 3.05) is 30.8 Å². The Labute approximate surface area is 161 Å². The van der Waals surface area contributed by atoms with Gasteiger partial charge in [-0.25, -0.2) is 0 Å². The summed E-state index contributed by atoms with van der Waals surface area (Å²) in [5, 5.41) is 5.07. The summed E-state index contributed by atoms with van der Waals surface area (Å²) in [5.41, 5.74) is 1.49. The zero-order valence-electron chi connectivity index (χ0n) is 15.9. The third-order valence-corrected chi connectivity index (χ3v) is 4.31. The van der Waals surface area contributed by atoms with Crippen LogP contribution in [0.4, 0.5) is 24.5 Å². The molecule has 150 valence electrons. The van der Waals surface area contributed by atoms with Crippen molar-refractivity contribution in [3.05, 3.63) is 59.2 Å². The zero-order valence-corrected chi connectivity index (χ0v) is 15.9. The number of quaternary nitrogens is 1. The number of alkyl halides is 3. The molecule has 1 atom stereocenters. The molecule has 0 saturated heterocycles. The highest BCUT2D eigenvalue weighted by Gasteiger charge is 2.33. The van der Waals surface area contributed by atoms with Gasteiger partial charge in [-0.3, -0.25) is 9.59 Å². The molecule has 0 saturated carbocycles. The predicted octanol–water partition coefficient (Wildman–Crippen LogP) is 2.41. The van der Waals surface area contributed by atoms with E-state index in [-0.39, 0.29) is 24.7 Å². The number of carbonyl (C=O) groups is 2. The molecule has 2 aromatic rings. The van der Waals surface area contributed by atoms with Crippen molar-refractivity contribution in [1.82, 2.24) is 0 Å². The quantitative estimate of drug-likeness (QED) is 0.705. The van der Waals surface area contributed by atoms with Crippen LogP contribution in [-0.4, -0.2) is 32.0 Å². The minimum absolute atomic E-state index is 0.00171. The standard InChI is InChI=1S/C20H22F3N3O2/c1-13-7-6-10-16(14(13)2)24-18(27)11-26(3)12-19(28)25-17-9-5-4-8-15(17)20(21,22)23/h4-10H,11-12H2,1-3H3,(H,24,27)(H,25,28)/p+1. The molecule has 8 heteroatoms. The number of likely N-dealkylation sites (N-methyl/N-ethyl adjacent to an activating group) is 1. The van der Waals surface area contributed by atoms with Crippen LogP contribution < -0.4 is 15.5 Å². The van der Waals surface area contributed by atoms with E-state index in [0.717, 1.165) is 17.2 Å². The van der Waals surface area contributed by atoms with Crippen LogP contribution in [0.2, 0.25) is 0 Å². The molecule has 0 aliphatic carbocycles. The van der Waals surface area contributed by atoms with Gasteiger partial charge in [0.15, 0.2) is 13.1 Å². The summed E-state index contributed by atoms with van der Waals surface area (Å²) >= 11 is 0. The molecule has 0 bridgehead atoms. The molecule has 1 unspecified atom stereocenters. The lowest BCUT2D eigenvalue weighted by Crippen LogP contribution is -3.11. The summed E-state index contributed by atoms with van der Waals surface area (Å²) < 4.78 is 39.0. The number of anilines is 2. The van der Waals surface area contributed by atoms with Gasteiger partial charge in [0.05, 0.1) is 18.3 Å². The number of rotatable bonds is 6. The Hall–Kier alpha value is -2.87. The van der Waals surface area contributed by atoms with Gasteiger partial charge < -0.3 is 15.5 Å². The molecule has 0 fully saturated rings. The van der Waals surface area contributed by atoms with Crippen molar-refractivity contribution in [2.45, 2.75) is 20.0 Å². The zero-order chi connectivity index (χ0) is 20.9. The number of benzene rings is 2. The largest absolute Gasteiger partial charge is 0.418 e. The smallest absolute Gasteiger partial charge is 0.322 e. The fraction of sp³-hybridized carbons (Fsp3) is 0.300. The fourth-order valence-corrected chi connectivity index (χ4v) is 2.73. The molecular weight excluding hydrogens is 371 g/mol. The van der Waals surface area contributed by atoms with Crippen LogP contribution in [0.25, 0.3) is 0 Å². The summed E-state index contributed by atoms with van der Waals surface area (Å²) in [7, 11) is 1.62. The lowest BCUT2D eigenvalue weighted by Gasteiger charge is -2.16. The first-order valence-electron chi connectivity index (χ1n) is 8.71. The molecule has 3 N–H and O–H groups in total. The minimum Gasteiger partial charge on any atom is -0.322 e. The number of aryl methyl sites for hydroxylation is 1. The van der Waals surface area contributed by atoms with E-state index in [1.807, 2.05) is 26.0 Å². The number of hydrogen-bond donors (Lipinski definition) is 3. The average molecular weight is 394 g/mol. The molecule has 5 nitrogen and oxygen atoms in total. The van der Waals surface area contributed by atoms with Crippen LogP contribution in [0.15, 0.2) is 42.5 Å². The first-order chi connectivity index (χ1) is 13.1. The van der Waals surface area contributed by atoms with Crippen LogP contribution in [0.3, 0.4) is 0 Å². The van der Waals surface area contributed by atoms with E-state index in [2.05, 4.69) is 10.6 Å². The van der Waals surface area contributed by atoms with Crippen LogP contribution in [-0.2, 0) is 15.8 Å². The van der Waals surface area contributed by atoms with Crippen molar-refractivity contribution >= 4 is 23.2 Å². The predicted molar refractivity (Wildman–Crippen MR) is 101 cm³/mol. The highest BCUT2D eigenvalue weighted by Crippen LogP contribution is 2.34. The monoisotopic (exact) mass is 394 g/mol. The Morgan fingerprint density at radius 1 is 0.893 bits per heavy atom. The third-order valence-electron chi connectivity index (χ3n) is 4.31. The van der Waals surface area contributed by atoms with Crippen LogP contribution in [0, 0.1) is 13.8 Å². The molecule has 2 aromatic carbocycles. The van der Waals surface area contributed by atoms with Gasteiger partial charge >= 0.3 is 6.18 Å². The maximum atomic E-state index is 13.0. The van der Waals surface area contributed by atoms with E-state index in [0.29, 0.717) is 10.6 Å². The first kappa shape index (κ1) is 21.4. The Morgan fingerprint density at radius 2 is 1.43 bits per heavy atom. The second-order valence-corrected chi connectivity index (χ2v) is 6.70. The summed E-state index contributed by atoms with van der Waals surface area (Å²) in [6.45, 7) is 3.69. The second kappa shape index (κ2) is 8.88. The van der Waals surface area contributed by atoms with E-state index in [9.17, 15) is 22.8 Å². The summed E-state index contributed by atoms with van der Waals surface area (Å²) in [6.07, 6.45) is -4.56. The number of halogens is 3. The van der Waals surface area contributed by atoms with Gasteiger partial charge in [0, 0.05) is 5.69 Å². The second-order valence-electron chi connectivity index (χ2n) is 6.70.